The van der Waals surface area contributed by atoms with Crippen molar-refractivity contribution >= 4 is 41.6 Å². The van der Waals surface area contributed by atoms with Crippen LogP contribution >= 0.6 is 0 Å². The third-order valence-corrected chi connectivity index (χ3v) is 9.62. The van der Waals surface area contributed by atoms with Crippen molar-refractivity contribution in [1.29, 1.82) is 0 Å². The highest BCUT2D eigenvalue weighted by atomic mass is 16.7. The lowest BCUT2D eigenvalue weighted by Gasteiger charge is -2.45. The highest BCUT2D eigenvalue weighted by molar-refractivity contribution is 6.06. The number of esters is 6. The molecule has 1 saturated heterocycles. The van der Waals surface area contributed by atoms with Gasteiger partial charge >= 0.3 is 35.8 Å². The summed E-state index contributed by atoms with van der Waals surface area (Å²) in [5, 5.41) is 22.9. The Hall–Kier alpha value is -5.29. The van der Waals surface area contributed by atoms with Crippen LogP contribution in [0, 0.1) is 5.92 Å². The van der Waals surface area contributed by atoms with Gasteiger partial charge in [-0.2, -0.15) is 0 Å². The van der Waals surface area contributed by atoms with Crippen LogP contribution in [-0.2, 0) is 57.2 Å². The van der Waals surface area contributed by atoms with Gasteiger partial charge < -0.3 is 48.1 Å². The van der Waals surface area contributed by atoms with Gasteiger partial charge in [0.15, 0.2) is 35.6 Å². The average molecular weight is 845 g/mol. The van der Waals surface area contributed by atoms with Crippen molar-refractivity contribution < 1.29 is 81.7 Å². The van der Waals surface area contributed by atoms with Crippen molar-refractivity contribution in [2.75, 3.05) is 6.61 Å². The first-order chi connectivity index (χ1) is 28.7. The predicted octanol–water partition coefficient (Wildman–Crippen LogP) is 5.69. The van der Waals surface area contributed by atoms with E-state index in [1.165, 1.54) is 12.2 Å². The Kier molecular flexibility index (Phi) is 17.7. The molecule has 4 rings (SSSR count). The van der Waals surface area contributed by atoms with Crippen molar-refractivity contribution in [2.45, 2.75) is 155 Å². The van der Waals surface area contributed by atoms with Crippen LogP contribution in [0.15, 0.2) is 29.7 Å². The van der Waals surface area contributed by atoms with E-state index in [4.69, 9.17) is 37.9 Å². The smallest absolute Gasteiger partial charge is 0.311 e. The number of carbonyl (C=O) groups is 7. The number of Topliss-reactive ketones (excluding diaryl/α,β-unsaturated/α-hetero) is 1. The van der Waals surface area contributed by atoms with Crippen LogP contribution in [-0.4, -0.2) is 88.9 Å². The lowest BCUT2D eigenvalue weighted by Crippen LogP contribution is -2.59. The normalized spacial score (nSPS) is 23.1. The Morgan fingerprint density at radius 3 is 1.57 bits per heavy atom. The first-order valence-corrected chi connectivity index (χ1v) is 20.8. The molecule has 2 aliphatic heterocycles. The molecule has 60 heavy (non-hydrogen) atoms. The van der Waals surface area contributed by atoms with Gasteiger partial charge in [0.05, 0.1) is 18.1 Å². The van der Waals surface area contributed by atoms with E-state index in [0.29, 0.717) is 38.5 Å². The zero-order valence-corrected chi connectivity index (χ0v) is 35.0. The number of aliphatic hydroxyl groups excluding tert-OH is 1. The molecule has 17 nitrogen and oxygen atoms in total. The molecule has 2 N–H and O–H groups in total. The molecule has 0 amide bonds. The molecule has 1 fully saturated rings. The largest absolute Gasteiger partial charge is 0.507 e. The van der Waals surface area contributed by atoms with E-state index < -0.39 is 113 Å². The van der Waals surface area contributed by atoms with E-state index in [2.05, 4.69) is 0 Å². The van der Waals surface area contributed by atoms with Crippen LogP contribution in [0.5, 0.6) is 17.2 Å². The number of ketones is 1. The first-order valence-electron chi connectivity index (χ1n) is 20.8. The molecule has 1 aliphatic carbocycles. The van der Waals surface area contributed by atoms with E-state index in [0.717, 1.165) is 6.07 Å². The molecule has 1 aromatic carbocycles. The van der Waals surface area contributed by atoms with Crippen molar-refractivity contribution in [2.24, 2.45) is 5.92 Å². The van der Waals surface area contributed by atoms with Gasteiger partial charge in [0, 0.05) is 50.7 Å². The van der Waals surface area contributed by atoms with Crippen LogP contribution in [0.2, 0.25) is 0 Å². The van der Waals surface area contributed by atoms with Gasteiger partial charge in [0.1, 0.15) is 41.1 Å². The molecule has 0 aromatic heterocycles. The summed E-state index contributed by atoms with van der Waals surface area (Å²) in [6.07, 6.45) is -4.62. The average Bonchev–Trinajstić information content (AvgIpc) is 3.17. The second-order valence-corrected chi connectivity index (χ2v) is 14.6. The molecular weight excluding hydrogens is 788 g/mol. The van der Waals surface area contributed by atoms with Crippen LogP contribution in [0.4, 0.5) is 0 Å². The van der Waals surface area contributed by atoms with Gasteiger partial charge in [0.25, 0.3) is 0 Å². The monoisotopic (exact) mass is 844 g/mol. The van der Waals surface area contributed by atoms with E-state index in [1.807, 2.05) is 0 Å². The van der Waals surface area contributed by atoms with Gasteiger partial charge in [-0.05, 0) is 44.6 Å². The molecule has 0 radical (unpaired) electrons. The minimum Gasteiger partial charge on any atom is -0.507 e. The van der Waals surface area contributed by atoms with Crippen molar-refractivity contribution in [1.82, 2.24) is 0 Å². The number of rotatable bonds is 20. The van der Waals surface area contributed by atoms with E-state index >= 15 is 0 Å². The van der Waals surface area contributed by atoms with Gasteiger partial charge in [0.2, 0.25) is 0 Å². The lowest BCUT2D eigenvalue weighted by molar-refractivity contribution is -0.255. The Morgan fingerprint density at radius 2 is 1.07 bits per heavy atom. The molecule has 0 bridgehead atoms. The maximum Gasteiger partial charge on any atom is 0.311 e. The molecule has 1 aromatic rings. The fourth-order valence-electron chi connectivity index (χ4n) is 6.89. The van der Waals surface area contributed by atoms with E-state index in [9.17, 15) is 43.8 Å². The van der Waals surface area contributed by atoms with Crippen molar-refractivity contribution in [3.63, 3.8) is 0 Å². The molecule has 330 valence electrons. The minimum atomic E-state index is -1.74. The minimum absolute atomic E-state index is 0.0200. The number of aliphatic hydroxyl groups is 1. The number of benzene rings is 1. The highest BCUT2D eigenvalue weighted by Crippen LogP contribution is 2.51. The third kappa shape index (κ3) is 11.5. The van der Waals surface area contributed by atoms with Gasteiger partial charge in [-0.3, -0.25) is 33.6 Å². The number of ether oxygens (including phenoxy) is 8. The number of phenolic OH excluding ortho intramolecular Hbond substituents is 1. The Balaban J connectivity index is 1.96. The summed E-state index contributed by atoms with van der Waals surface area (Å²) in [7, 11) is 0. The molecule has 0 spiro atoms. The van der Waals surface area contributed by atoms with Gasteiger partial charge in [-0.25, -0.2) is 0 Å². The lowest BCUT2D eigenvalue weighted by atomic mass is 9.82. The SMILES string of the molecule is CCCC(=O)OC1=CC2Oc3cc(OC(=O)CCC)c([C@@H]4O[C@H](CO)[C@@H](OC(=O)CCC)[C@H](OC(=O)CCC)[C@H]4OC(=O)CCC)c(O)c3C(=O)C2C=C1OC(=O)CCC. The first kappa shape index (κ1) is 47.4. The highest BCUT2D eigenvalue weighted by Gasteiger charge is 2.55. The molecular formula is C43H56O17. The number of carbonyl (C=O) groups excluding carboxylic acids is 7. The Morgan fingerprint density at radius 1 is 0.617 bits per heavy atom. The fraction of sp³-hybridized carbons (Fsp3) is 0.605. The van der Waals surface area contributed by atoms with Crippen molar-refractivity contribution in [3.8, 4) is 17.2 Å². The number of phenols is 1. The molecule has 2 heterocycles. The zero-order chi connectivity index (χ0) is 44.1. The number of hydrogen-bond acceptors (Lipinski definition) is 17. The molecule has 17 heteroatoms. The summed E-state index contributed by atoms with van der Waals surface area (Å²) in [5.74, 6) is -8.23. The summed E-state index contributed by atoms with van der Waals surface area (Å²) in [4.78, 5) is 92.3. The topological polar surface area (TPSA) is 234 Å². The summed E-state index contributed by atoms with van der Waals surface area (Å²) >= 11 is 0. The summed E-state index contributed by atoms with van der Waals surface area (Å²) in [6.45, 7) is 9.61. The second kappa shape index (κ2) is 22.4. The Labute approximate surface area is 348 Å². The van der Waals surface area contributed by atoms with Crippen LogP contribution in [0.25, 0.3) is 0 Å². The number of aromatic hydroxyl groups is 1. The van der Waals surface area contributed by atoms with Crippen LogP contribution < -0.4 is 9.47 Å². The van der Waals surface area contributed by atoms with E-state index in [1.54, 1.807) is 41.5 Å². The molecule has 7 atom stereocenters. The molecule has 0 saturated carbocycles. The third-order valence-electron chi connectivity index (χ3n) is 9.62. The number of hydrogen-bond donors (Lipinski definition) is 2. The van der Waals surface area contributed by atoms with Crippen LogP contribution in [0.3, 0.4) is 0 Å². The van der Waals surface area contributed by atoms with Crippen molar-refractivity contribution in [3.05, 3.63) is 40.9 Å². The molecule has 3 aliphatic rings. The standard InChI is InChI=1S/C43H56O17/c1-7-13-30(45)54-25-19-23-24(20-26(25)55-31(46)14-8-2)53-27-21-28(56-32(47)15-9-3)37(39(52)36(27)38(23)51)41-43(60-35(50)18-12-6)42(59-34(49)17-11-5)40(29(22-44)57-41)58-33(48)16-10-4/h19-21,23-24,29,40-44,52H,7-18,22H2,1-6H3/t23?,24?,29-,40-,41+,42+,43+/m1/s1. The van der Waals surface area contributed by atoms with Gasteiger partial charge in [-0.1, -0.05) is 41.5 Å². The summed E-state index contributed by atoms with van der Waals surface area (Å²) in [6, 6.07) is 1.16. The quantitative estimate of drug-likeness (QED) is 0.0911. The predicted molar refractivity (Wildman–Crippen MR) is 208 cm³/mol. The summed E-state index contributed by atoms with van der Waals surface area (Å²) < 4.78 is 46.8. The summed E-state index contributed by atoms with van der Waals surface area (Å²) in [5.41, 5.74) is -0.842. The molecule has 2 unspecified atom stereocenters. The second-order valence-electron chi connectivity index (χ2n) is 14.6. The number of fused-ring (bicyclic) bond motifs is 2. The van der Waals surface area contributed by atoms with E-state index in [-0.39, 0.29) is 55.8 Å². The zero-order valence-electron chi connectivity index (χ0n) is 35.0. The maximum absolute atomic E-state index is 14.5. The van der Waals surface area contributed by atoms with Gasteiger partial charge in [-0.15, -0.1) is 0 Å². The fourth-order valence-corrected chi connectivity index (χ4v) is 6.89. The Bertz CT molecular complexity index is 1830. The van der Waals surface area contributed by atoms with Crippen LogP contribution in [0.1, 0.15) is 141 Å². The maximum atomic E-state index is 14.5.